The van der Waals surface area contributed by atoms with E-state index in [1.807, 2.05) is 12.4 Å². The molecule has 0 amide bonds. The fourth-order valence-corrected chi connectivity index (χ4v) is 5.72. The van der Waals surface area contributed by atoms with Gasteiger partial charge < -0.3 is 9.47 Å². The van der Waals surface area contributed by atoms with E-state index in [1.54, 1.807) is 18.4 Å². The third-order valence-corrected chi connectivity index (χ3v) is 7.16. The summed E-state index contributed by atoms with van der Waals surface area (Å²) in [5.41, 5.74) is 2.39. The molecule has 1 spiro atoms. The van der Waals surface area contributed by atoms with E-state index >= 15 is 0 Å². The molecule has 1 fully saturated rings. The first kappa shape index (κ1) is 19.3. The number of hydrogen-bond donors (Lipinski definition) is 0. The highest BCUT2D eigenvalue weighted by Gasteiger charge is 2.44. The molecule has 0 saturated carbocycles. The normalized spacial score (nSPS) is 25.7. The minimum Gasteiger partial charge on any atom is -0.384 e. The summed E-state index contributed by atoms with van der Waals surface area (Å²) in [6.07, 6.45) is 7.64. The Kier molecular flexibility index (Phi) is 5.81. The van der Waals surface area contributed by atoms with Gasteiger partial charge in [0.25, 0.3) is 0 Å². The Morgan fingerprint density at radius 3 is 2.96 bits per heavy atom. The zero-order valence-electron chi connectivity index (χ0n) is 15.9. The number of piperidine rings is 1. The monoisotopic (exact) mass is 407 g/mol. The van der Waals surface area contributed by atoms with Crippen molar-refractivity contribution < 1.29 is 9.47 Å². The minimum atomic E-state index is -0.151. The van der Waals surface area contributed by atoms with E-state index in [0.29, 0.717) is 12.6 Å². The van der Waals surface area contributed by atoms with Crippen molar-refractivity contribution in [1.29, 1.82) is 0 Å². The average molecular weight is 408 g/mol. The maximum absolute atomic E-state index is 6.36. The molecule has 2 aliphatic heterocycles. The van der Waals surface area contributed by atoms with Crippen LogP contribution in [-0.2, 0) is 34.5 Å². The lowest BCUT2D eigenvalue weighted by atomic mass is 9.82. The second-order valence-electron chi connectivity index (χ2n) is 7.52. The molecule has 7 heteroatoms. The number of ether oxygens (including phenoxy) is 2. The summed E-state index contributed by atoms with van der Waals surface area (Å²) in [4.78, 5) is 12.8. The van der Waals surface area contributed by atoms with E-state index in [1.165, 1.54) is 10.4 Å². The Bertz CT molecular complexity index is 782. The van der Waals surface area contributed by atoms with Crippen LogP contribution in [-0.4, -0.2) is 47.8 Å². The van der Waals surface area contributed by atoms with Gasteiger partial charge >= 0.3 is 0 Å². The summed E-state index contributed by atoms with van der Waals surface area (Å²) >= 11 is 8.00. The zero-order valence-corrected chi connectivity index (χ0v) is 17.5. The molecule has 27 heavy (non-hydrogen) atoms. The van der Waals surface area contributed by atoms with Crippen LogP contribution in [0.2, 0.25) is 4.34 Å². The van der Waals surface area contributed by atoms with Gasteiger partial charge in [0, 0.05) is 55.5 Å². The molecule has 2 aliphatic rings. The first-order valence-electron chi connectivity index (χ1n) is 9.55. The molecule has 0 bridgehead atoms. The summed E-state index contributed by atoms with van der Waals surface area (Å²) in [6, 6.07) is 2.56. The van der Waals surface area contributed by atoms with Crippen LogP contribution >= 0.6 is 22.9 Å². The van der Waals surface area contributed by atoms with Crippen molar-refractivity contribution in [3.63, 3.8) is 0 Å². The number of thiophene rings is 1. The van der Waals surface area contributed by atoms with Crippen molar-refractivity contribution in [2.75, 3.05) is 26.9 Å². The van der Waals surface area contributed by atoms with Gasteiger partial charge in [0.2, 0.25) is 0 Å². The molecule has 0 radical (unpaired) electrons. The smallest absolute Gasteiger partial charge is 0.130 e. The quantitative estimate of drug-likeness (QED) is 0.753. The third kappa shape index (κ3) is 4.05. The van der Waals surface area contributed by atoms with Crippen LogP contribution in [0.4, 0.5) is 0 Å². The lowest BCUT2D eigenvalue weighted by Gasteiger charge is -2.47. The highest BCUT2D eigenvalue weighted by Crippen LogP contribution is 2.48. The third-order valence-electron chi connectivity index (χ3n) is 5.67. The first-order valence-corrected chi connectivity index (χ1v) is 10.7. The van der Waals surface area contributed by atoms with E-state index in [4.69, 9.17) is 21.1 Å². The topological polar surface area (TPSA) is 47.5 Å². The highest BCUT2D eigenvalue weighted by atomic mass is 35.5. The van der Waals surface area contributed by atoms with Gasteiger partial charge in [0.05, 0.1) is 17.6 Å². The number of fused-ring (bicyclic) bond motifs is 2. The van der Waals surface area contributed by atoms with Crippen molar-refractivity contribution >= 4 is 22.9 Å². The molecule has 4 rings (SSSR count). The van der Waals surface area contributed by atoms with Gasteiger partial charge in [-0.1, -0.05) is 11.6 Å². The van der Waals surface area contributed by atoms with Gasteiger partial charge in [-0.05, 0) is 37.8 Å². The van der Waals surface area contributed by atoms with E-state index in [-0.39, 0.29) is 5.60 Å². The SMILES string of the molecule is COCCc1ncc(CN2CC[C@]3(C[C@@H]2C)OCCc2cc(Cl)sc23)cn1. The van der Waals surface area contributed by atoms with Crippen LogP contribution in [0.25, 0.3) is 0 Å². The first-order chi connectivity index (χ1) is 13.1. The van der Waals surface area contributed by atoms with Crippen LogP contribution in [0.3, 0.4) is 0 Å². The summed E-state index contributed by atoms with van der Waals surface area (Å²) in [5, 5.41) is 0. The maximum atomic E-state index is 6.36. The van der Waals surface area contributed by atoms with Gasteiger partial charge in [0.15, 0.2) is 0 Å². The molecule has 5 nitrogen and oxygen atoms in total. The van der Waals surface area contributed by atoms with Crippen molar-refractivity contribution in [1.82, 2.24) is 14.9 Å². The molecule has 2 aromatic rings. The Labute approximate surface area is 169 Å². The predicted octanol–water partition coefficient (Wildman–Crippen LogP) is 3.83. The van der Waals surface area contributed by atoms with Gasteiger partial charge in [0.1, 0.15) is 11.4 Å². The van der Waals surface area contributed by atoms with Gasteiger partial charge in [-0.25, -0.2) is 9.97 Å². The van der Waals surface area contributed by atoms with Gasteiger partial charge in [-0.2, -0.15) is 0 Å². The summed E-state index contributed by atoms with van der Waals surface area (Å²) in [6.45, 7) is 5.62. The molecular formula is C20H26ClN3O2S. The molecular weight excluding hydrogens is 382 g/mol. The largest absolute Gasteiger partial charge is 0.384 e. The fourth-order valence-electron chi connectivity index (χ4n) is 4.23. The Balaban J connectivity index is 1.42. The van der Waals surface area contributed by atoms with Crippen LogP contribution < -0.4 is 0 Å². The van der Waals surface area contributed by atoms with E-state index in [2.05, 4.69) is 27.9 Å². The standard InChI is InChI=1S/C20H26ClN3O2S/c1-14-10-20(19-16(3-8-26-20)9-17(21)27-19)5-6-24(14)13-15-11-22-18(23-12-15)4-7-25-2/h9,11-12,14H,3-8,10,13H2,1-2H3/t14-,20+/m0/s1. The molecule has 2 aromatic heterocycles. The number of halogens is 1. The van der Waals surface area contributed by atoms with E-state index in [9.17, 15) is 0 Å². The second-order valence-corrected chi connectivity index (χ2v) is 9.21. The number of likely N-dealkylation sites (tertiary alicyclic amines) is 1. The Hall–Kier alpha value is -1.05. The number of rotatable bonds is 5. The molecule has 0 aromatic carbocycles. The molecule has 0 N–H and O–H groups in total. The summed E-state index contributed by atoms with van der Waals surface area (Å²) in [5.74, 6) is 0.837. The van der Waals surface area contributed by atoms with Crippen molar-refractivity contribution in [2.24, 2.45) is 0 Å². The predicted molar refractivity (Wildman–Crippen MR) is 107 cm³/mol. The average Bonchev–Trinajstić information content (AvgIpc) is 3.06. The molecule has 2 atom stereocenters. The van der Waals surface area contributed by atoms with Crippen molar-refractivity contribution in [2.45, 2.75) is 50.8 Å². The minimum absolute atomic E-state index is 0.151. The fraction of sp³-hybridized carbons (Fsp3) is 0.600. The van der Waals surface area contributed by atoms with Crippen LogP contribution in [0.15, 0.2) is 18.5 Å². The lowest BCUT2D eigenvalue weighted by molar-refractivity contribution is -0.110. The van der Waals surface area contributed by atoms with Crippen molar-refractivity contribution in [3.8, 4) is 0 Å². The zero-order chi connectivity index (χ0) is 18.9. The lowest BCUT2D eigenvalue weighted by Crippen LogP contribution is -2.49. The molecule has 4 heterocycles. The maximum Gasteiger partial charge on any atom is 0.130 e. The summed E-state index contributed by atoms with van der Waals surface area (Å²) in [7, 11) is 1.70. The molecule has 0 aliphatic carbocycles. The number of hydrogen-bond acceptors (Lipinski definition) is 6. The second kappa shape index (κ2) is 8.13. The van der Waals surface area contributed by atoms with Gasteiger partial charge in [-0.15, -0.1) is 11.3 Å². The Morgan fingerprint density at radius 1 is 1.41 bits per heavy atom. The number of methoxy groups -OCH3 is 1. The van der Waals surface area contributed by atoms with Gasteiger partial charge in [-0.3, -0.25) is 4.90 Å². The van der Waals surface area contributed by atoms with E-state index < -0.39 is 0 Å². The molecule has 0 unspecified atom stereocenters. The Morgan fingerprint density at radius 2 is 2.22 bits per heavy atom. The van der Waals surface area contributed by atoms with Crippen LogP contribution in [0.5, 0.6) is 0 Å². The van der Waals surface area contributed by atoms with E-state index in [0.717, 1.165) is 61.1 Å². The molecule has 146 valence electrons. The van der Waals surface area contributed by atoms with Crippen LogP contribution in [0.1, 0.15) is 41.6 Å². The number of nitrogens with zero attached hydrogens (tertiary/aromatic N) is 3. The summed E-state index contributed by atoms with van der Waals surface area (Å²) < 4.78 is 12.3. The molecule has 1 saturated heterocycles. The van der Waals surface area contributed by atoms with Crippen molar-refractivity contribution in [3.05, 3.63) is 44.6 Å². The van der Waals surface area contributed by atoms with Crippen LogP contribution in [0, 0.1) is 0 Å². The number of aromatic nitrogens is 2. The highest BCUT2D eigenvalue weighted by molar-refractivity contribution is 7.16.